The van der Waals surface area contributed by atoms with E-state index in [2.05, 4.69) is 13.5 Å². The van der Waals surface area contributed by atoms with Gasteiger partial charge < -0.3 is 0 Å². The van der Waals surface area contributed by atoms with E-state index >= 15 is 0 Å². The molecule has 0 saturated carbocycles. The minimum atomic E-state index is 1.17. The lowest BCUT2D eigenvalue weighted by Crippen LogP contribution is -1.81. The monoisotopic (exact) mass is 142 g/mol. The third-order valence-electron chi connectivity index (χ3n) is 1.53. The first-order valence-corrected chi connectivity index (χ1v) is 5.77. The summed E-state index contributed by atoms with van der Waals surface area (Å²) < 4.78 is 0. The molecule has 0 nitrogen and oxygen atoms in total. The van der Waals surface area contributed by atoms with E-state index in [1.54, 1.807) is 0 Å². The zero-order valence-electron chi connectivity index (χ0n) is 6.74. The third-order valence-corrected chi connectivity index (χ3v) is 2.38. The highest BCUT2D eigenvalue weighted by Crippen LogP contribution is 2.04. The summed E-state index contributed by atoms with van der Waals surface area (Å²) in [4.78, 5) is 0. The summed E-state index contributed by atoms with van der Waals surface area (Å²) in [6.45, 7) is 4.56. The van der Waals surface area contributed by atoms with Crippen LogP contribution in [0, 0.1) is 0 Å². The van der Waals surface area contributed by atoms with Crippen molar-refractivity contribution < 1.29 is 0 Å². The molecule has 0 aromatic rings. The molecule has 9 heavy (non-hydrogen) atoms. The third kappa shape index (κ3) is 8.22. The standard InChI is InChI=1S/C8H18Si/c1-3-4-5-6-7-8-9-2/h3-8H2,1-2H3. The summed E-state index contributed by atoms with van der Waals surface area (Å²) in [5.41, 5.74) is 0. The largest absolute Gasteiger partial charge is 0.0733 e. The van der Waals surface area contributed by atoms with Crippen LogP contribution in [0.1, 0.15) is 39.0 Å². The molecule has 0 aromatic carbocycles. The van der Waals surface area contributed by atoms with Crippen LogP contribution >= 0.6 is 0 Å². The molecule has 0 unspecified atom stereocenters. The fourth-order valence-electron chi connectivity index (χ4n) is 0.905. The van der Waals surface area contributed by atoms with Crippen LogP contribution < -0.4 is 0 Å². The van der Waals surface area contributed by atoms with Crippen LogP contribution in [0.3, 0.4) is 0 Å². The molecular formula is C8H18Si. The Balaban J connectivity index is 2.60. The molecule has 0 aliphatic carbocycles. The Bertz CT molecular complexity index is 37.8. The Kier molecular flexibility index (Phi) is 8.41. The molecule has 0 rings (SSSR count). The second-order valence-electron chi connectivity index (χ2n) is 2.52. The molecule has 0 atom stereocenters. The van der Waals surface area contributed by atoms with Gasteiger partial charge in [-0.05, 0) is 0 Å². The van der Waals surface area contributed by atoms with Crippen LogP contribution in [0.5, 0.6) is 0 Å². The lowest BCUT2D eigenvalue weighted by molar-refractivity contribution is 0.655. The first-order chi connectivity index (χ1) is 4.41. The highest BCUT2D eigenvalue weighted by molar-refractivity contribution is 6.33. The molecule has 0 aliphatic rings. The predicted molar refractivity (Wildman–Crippen MR) is 45.2 cm³/mol. The van der Waals surface area contributed by atoms with Crippen molar-refractivity contribution >= 4 is 9.52 Å². The van der Waals surface area contributed by atoms with E-state index in [-0.39, 0.29) is 0 Å². The Labute approximate surface area is 61.9 Å². The van der Waals surface area contributed by atoms with Gasteiger partial charge in [0.2, 0.25) is 0 Å². The van der Waals surface area contributed by atoms with Crippen molar-refractivity contribution in [1.82, 2.24) is 0 Å². The molecule has 0 heterocycles. The Morgan fingerprint density at radius 3 is 2.22 bits per heavy atom. The highest BCUT2D eigenvalue weighted by Gasteiger charge is 1.86. The van der Waals surface area contributed by atoms with E-state index in [1.807, 2.05) is 0 Å². The van der Waals surface area contributed by atoms with Crippen molar-refractivity contribution in [3.63, 3.8) is 0 Å². The van der Waals surface area contributed by atoms with Crippen LogP contribution in [-0.4, -0.2) is 9.52 Å². The second-order valence-corrected chi connectivity index (χ2v) is 3.72. The minimum Gasteiger partial charge on any atom is -0.0733 e. The van der Waals surface area contributed by atoms with Crippen molar-refractivity contribution in [2.45, 2.75) is 51.6 Å². The Hall–Kier alpha value is 0.217. The van der Waals surface area contributed by atoms with E-state index in [1.165, 1.54) is 47.7 Å². The van der Waals surface area contributed by atoms with Crippen LogP contribution in [-0.2, 0) is 0 Å². The summed E-state index contributed by atoms with van der Waals surface area (Å²) >= 11 is 0. The van der Waals surface area contributed by atoms with Gasteiger partial charge in [-0.2, -0.15) is 0 Å². The first kappa shape index (κ1) is 9.22. The number of hydrogen-bond donors (Lipinski definition) is 0. The summed E-state index contributed by atoms with van der Waals surface area (Å²) in [6.07, 6.45) is 7.20. The van der Waals surface area contributed by atoms with E-state index < -0.39 is 0 Å². The zero-order valence-corrected chi connectivity index (χ0v) is 7.74. The Morgan fingerprint density at radius 1 is 1.00 bits per heavy atom. The maximum atomic E-state index is 2.29. The average molecular weight is 142 g/mol. The molecule has 54 valence electrons. The molecule has 0 N–H and O–H groups in total. The van der Waals surface area contributed by atoms with Gasteiger partial charge in [-0.15, -0.1) is 0 Å². The summed E-state index contributed by atoms with van der Waals surface area (Å²) in [7, 11) is 1.17. The highest BCUT2D eigenvalue weighted by atomic mass is 28.2. The van der Waals surface area contributed by atoms with Gasteiger partial charge in [-0.3, -0.25) is 0 Å². The number of unbranched alkanes of at least 4 members (excludes halogenated alkanes) is 4. The quantitative estimate of drug-likeness (QED) is 0.395. The van der Waals surface area contributed by atoms with Gasteiger partial charge in [0, 0.05) is 9.52 Å². The predicted octanol–water partition coefficient (Wildman–Crippen LogP) is 3.13. The van der Waals surface area contributed by atoms with Crippen LogP contribution in [0.2, 0.25) is 12.6 Å². The van der Waals surface area contributed by atoms with Gasteiger partial charge in [-0.1, -0.05) is 51.6 Å². The number of rotatable bonds is 6. The fraction of sp³-hybridized carbons (Fsp3) is 1.00. The summed E-state index contributed by atoms with van der Waals surface area (Å²) in [5.74, 6) is 0. The maximum Gasteiger partial charge on any atom is 0.0342 e. The van der Waals surface area contributed by atoms with Gasteiger partial charge in [0.15, 0.2) is 0 Å². The molecule has 0 aromatic heterocycles. The Morgan fingerprint density at radius 2 is 1.67 bits per heavy atom. The van der Waals surface area contributed by atoms with E-state index in [0.29, 0.717) is 0 Å². The number of hydrogen-bond acceptors (Lipinski definition) is 0. The molecule has 2 radical (unpaired) electrons. The molecule has 0 fully saturated rings. The minimum absolute atomic E-state index is 1.17. The van der Waals surface area contributed by atoms with E-state index in [9.17, 15) is 0 Å². The topological polar surface area (TPSA) is 0 Å². The summed E-state index contributed by atoms with van der Waals surface area (Å²) in [5, 5.41) is 0. The van der Waals surface area contributed by atoms with Gasteiger partial charge in [0.05, 0.1) is 0 Å². The SMILES string of the molecule is CCCCCCC[Si]C. The van der Waals surface area contributed by atoms with Crippen LogP contribution in [0.25, 0.3) is 0 Å². The van der Waals surface area contributed by atoms with Crippen molar-refractivity contribution in [3.05, 3.63) is 0 Å². The molecule has 0 amide bonds. The molecule has 0 bridgehead atoms. The van der Waals surface area contributed by atoms with Crippen LogP contribution in [0.4, 0.5) is 0 Å². The first-order valence-electron chi connectivity index (χ1n) is 4.06. The molecule has 0 spiro atoms. The van der Waals surface area contributed by atoms with Gasteiger partial charge in [0.1, 0.15) is 0 Å². The normalized spacial score (nSPS) is 10.0. The average Bonchev–Trinajstić information content (AvgIpc) is 1.89. The molecule has 0 aliphatic heterocycles. The molecule has 0 saturated heterocycles. The van der Waals surface area contributed by atoms with Crippen molar-refractivity contribution in [2.75, 3.05) is 0 Å². The van der Waals surface area contributed by atoms with E-state index in [4.69, 9.17) is 0 Å². The molecular weight excluding hydrogens is 124 g/mol. The lowest BCUT2D eigenvalue weighted by atomic mass is 10.2. The lowest BCUT2D eigenvalue weighted by Gasteiger charge is -1.95. The van der Waals surface area contributed by atoms with Crippen LogP contribution in [0.15, 0.2) is 0 Å². The van der Waals surface area contributed by atoms with Gasteiger partial charge >= 0.3 is 0 Å². The van der Waals surface area contributed by atoms with Crippen molar-refractivity contribution in [1.29, 1.82) is 0 Å². The fourth-order valence-corrected chi connectivity index (χ4v) is 1.51. The zero-order chi connectivity index (χ0) is 6.95. The maximum absolute atomic E-state index is 2.29. The smallest absolute Gasteiger partial charge is 0.0342 e. The summed E-state index contributed by atoms with van der Waals surface area (Å²) in [6, 6.07) is 1.46. The second kappa shape index (κ2) is 8.22. The van der Waals surface area contributed by atoms with Gasteiger partial charge in [-0.25, -0.2) is 0 Å². The van der Waals surface area contributed by atoms with Crippen molar-refractivity contribution in [3.8, 4) is 0 Å². The van der Waals surface area contributed by atoms with Gasteiger partial charge in [0.25, 0.3) is 0 Å². The van der Waals surface area contributed by atoms with E-state index in [0.717, 1.165) is 0 Å². The molecule has 1 heteroatoms. The van der Waals surface area contributed by atoms with Crippen molar-refractivity contribution in [2.24, 2.45) is 0 Å².